The minimum absolute atomic E-state index is 0.391. The van der Waals surface area contributed by atoms with E-state index in [1.54, 1.807) is 6.20 Å². The predicted molar refractivity (Wildman–Crippen MR) is 52.3 cm³/mol. The van der Waals surface area contributed by atoms with Crippen molar-refractivity contribution in [1.82, 2.24) is 9.55 Å². The molecule has 2 atom stereocenters. The molecule has 0 spiro atoms. The number of hydrogen-bond acceptors (Lipinski definition) is 3. The van der Waals surface area contributed by atoms with Crippen LogP contribution < -0.4 is 0 Å². The summed E-state index contributed by atoms with van der Waals surface area (Å²) in [5.74, 6) is -0.539. The number of aromatic nitrogens is 2. The summed E-state index contributed by atoms with van der Waals surface area (Å²) in [6, 6.07) is 0. The number of rotatable bonds is 3. The summed E-state index contributed by atoms with van der Waals surface area (Å²) in [7, 11) is 0. The molecular weight excluding hydrogens is 196 g/mol. The molecule has 82 valence electrons. The van der Waals surface area contributed by atoms with Crippen molar-refractivity contribution in [3.63, 3.8) is 0 Å². The normalized spacial score (nSPS) is 25.7. The van der Waals surface area contributed by atoms with Crippen molar-refractivity contribution in [3.8, 4) is 0 Å². The summed E-state index contributed by atoms with van der Waals surface area (Å²) in [5, 5.41) is 9.03. The Hall–Kier alpha value is -1.36. The van der Waals surface area contributed by atoms with Crippen molar-refractivity contribution in [1.29, 1.82) is 0 Å². The molecule has 0 unspecified atom stereocenters. The van der Waals surface area contributed by atoms with E-state index in [0.29, 0.717) is 13.0 Å². The van der Waals surface area contributed by atoms with Crippen molar-refractivity contribution < 1.29 is 14.6 Å². The van der Waals surface area contributed by atoms with Gasteiger partial charge in [-0.2, -0.15) is 0 Å². The smallest absolute Gasteiger partial charge is 0.309 e. The SMILES string of the molecule is CCn1ccnc1[C@@H]1OCC[C@@H]1C(=O)O. The summed E-state index contributed by atoms with van der Waals surface area (Å²) in [5.41, 5.74) is 0. The van der Waals surface area contributed by atoms with E-state index in [1.165, 1.54) is 0 Å². The Morgan fingerprint density at radius 1 is 1.80 bits per heavy atom. The van der Waals surface area contributed by atoms with E-state index in [1.807, 2.05) is 17.7 Å². The average molecular weight is 210 g/mol. The van der Waals surface area contributed by atoms with Gasteiger partial charge in [-0.1, -0.05) is 0 Å². The molecule has 1 aromatic heterocycles. The number of nitrogens with zero attached hydrogens (tertiary/aromatic N) is 2. The second kappa shape index (κ2) is 4.02. The zero-order valence-electron chi connectivity index (χ0n) is 8.59. The lowest BCUT2D eigenvalue weighted by Crippen LogP contribution is -2.20. The van der Waals surface area contributed by atoms with Gasteiger partial charge >= 0.3 is 5.97 Å². The van der Waals surface area contributed by atoms with E-state index in [9.17, 15) is 4.79 Å². The number of ether oxygens (including phenoxy) is 1. The number of imidazole rings is 1. The van der Waals surface area contributed by atoms with Gasteiger partial charge in [0, 0.05) is 25.5 Å². The van der Waals surface area contributed by atoms with Crippen molar-refractivity contribution in [2.45, 2.75) is 26.0 Å². The zero-order chi connectivity index (χ0) is 10.8. The van der Waals surface area contributed by atoms with Crippen molar-refractivity contribution in [3.05, 3.63) is 18.2 Å². The maximum absolute atomic E-state index is 11.0. The van der Waals surface area contributed by atoms with Gasteiger partial charge in [-0.3, -0.25) is 4.79 Å². The van der Waals surface area contributed by atoms with E-state index in [4.69, 9.17) is 9.84 Å². The second-order valence-electron chi connectivity index (χ2n) is 3.60. The molecule has 0 aromatic carbocycles. The Balaban J connectivity index is 2.26. The van der Waals surface area contributed by atoms with Crippen LogP contribution in [0.5, 0.6) is 0 Å². The van der Waals surface area contributed by atoms with Crippen LogP contribution in [-0.2, 0) is 16.1 Å². The van der Waals surface area contributed by atoms with Gasteiger partial charge in [-0.05, 0) is 13.3 Å². The minimum atomic E-state index is -0.803. The Labute approximate surface area is 87.7 Å². The van der Waals surface area contributed by atoms with Gasteiger partial charge < -0.3 is 14.4 Å². The Bertz CT molecular complexity index is 361. The maximum Gasteiger partial charge on any atom is 0.309 e. The molecule has 1 aliphatic rings. The number of aryl methyl sites for hydroxylation is 1. The highest BCUT2D eigenvalue weighted by Gasteiger charge is 2.37. The third-order valence-electron chi connectivity index (χ3n) is 2.75. The van der Waals surface area contributed by atoms with Gasteiger partial charge in [0.05, 0.1) is 5.92 Å². The summed E-state index contributed by atoms with van der Waals surface area (Å²) in [6.45, 7) is 3.27. The van der Waals surface area contributed by atoms with Crippen molar-refractivity contribution in [2.75, 3.05) is 6.61 Å². The topological polar surface area (TPSA) is 64.4 Å². The lowest BCUT2D eigenvalue weighted by molar-refractivity contribution is -0.143. The fraction of sp³-hybridized carbons (Fsp3) is 0.600. The highest BCUT2D eigenvalue weighted by molar-refractivity contribution is 5.71. The Morgan fingerprint density at radius 2 is 2.60 bits per heavy atom. The first-order chi connectivity index (χ1) is 7.24. The molecule has 5 heteroatoms. The molecule has 1 aromatic rings. The minimum Gasteiger partial charge on any atom is -0.481 e. The van der Waals surface area contributed by atoms with Crippen LogP contribution in [0.3, 0.4) is 0 Å². The Morgan fingerprint density at radius 3 is 3.27 bits per heavy atom. The van der Waals surface area contributed by atoms with E-state index >= 15 is 0 Å². The third kappa shape index (κ3) is 1.74. The molecule has 1 aliphatic heterocycles. The largest absolute Gasteiger partial charge is 0.481 e. The molecule has 15 heavy (non-hydrogen) atoms. The van der Waals surface area contributed by atoms with Crippen LogP contribution >= 0.6 is 0 Å². The monoisotopic (exact) mass is 210 g/mol. The molecular formula is C10H14N2O3. The molecule has 1 saturated heterocycles. The van der Waals surface area contributed by atoms with Crippen LogP contribution in [0.15, 0.2) is 12.4 Å². The van der Waals surface area contributed by atoms with Crippen LogP contribution in [0.25, 0.3) is 0 Å². The number of carboxylic acids is 1. The molecule has 5 nitrogen and oxygen atoms in total. The van der Waals surface area contributed by atoms with E-state index in [-0.39, 0.29) is 0 Å². The van der Waals surface area contributed by atoms with Gasteiger partial charge in [0.25, 0.3) is 0 Å². The quantitative estimate of drug-likeness (QED) is 0.810. The summed E-state index contributed by atoms with van der Waals surface area (Å²) in [6.07, 6.45) is 3.70. The van der Waals surface area contributed by atoms with Crippen LogP contribution in [0, 0.1) is 5.92 Å². The van der Waals surface area contributed by atoms with Crippen LogP contribution in [0.1, 0.15) is 25.3 Å². The standard InChI is InChI=1S/C10H14N2O3/c1-2-12-5-4-11-9(12)8-7(10(13)14)3-6-15-8/h4-5,7-8H,2-3,6H2,1H3,(H,13,14)/t7-,8+/m0/s1. The molecule has 0 saturated carbocycles. The van der Waals surface area contributed by atoms with Crippen molar-refractivity contribution in [2.24, 2.45) is 5.92 Å². The number of carboxylic acid groups (broad SMARTS) is 1. The summed E-state index contributed by atoms with van der Waals surface area (Å²) < 4.78 is 7.37. The molecule has 0 amide bonds. The first-order valence-electron chi connectivity index (χ1n) is 5.09. The first kappa shape index (κ1) is 10.2. The highest BCUT2D eigenvalue weighted by Crippen LogP contribution is 2.33. The Kier molecular flexibility index (Phi) is 2.73. The average Bonchev–Trinajstić information content (AvgIpc) is 2.85. The van der Waals surface area contributed by atoms with E-state index in [0.717, 1.165) is 12.4 Å². The number of hydrogen-bond donors (Lipinski definition) is 1. The molecule has 0 aliphatic carbocycles. The molecule has 2 rings (SSSR count). The molecule has 0 radical (unpaired) electrons. The van der Waals surface area contributed by atoms with Crippen LogP contribution in [0.4, 0.5) is 0 Å². The van der Waals surface area contributed by atoms with E-state index < -0.39 is 18.0 Å². The molecule has 2 heterocycles. The van der Waals surface area contributed by atoms with Gasteiger partial charge in [-0.25, -0.2) is 4.98 Å². The molecule has 1 fully saturated rings. The summed E-state index contributed by atoms with van der Waals surface area (Å²) >= 11 is 0. The van der Waals surface area contributed by atoms with Crippen LogP contribution in [-0.4, -0.2) is 27.2 Å². The maximum atomic E-state index is 11.0. The van der Waals surface area contributed by atoms with Gasteiger partial charge in [0.2, 0.25) is 0 Å². The van der Waals surface area contributed by atoms with E-state index in [2.05, 4.69) is 4.98 Å². The number of aliphatic carboxylic acids is 1. The lowest BCUT2D eigenvalue weighted by atomic mass is 10.0. The van der Waals surface area contributed by atoms with Gasteiger partial charge in [0.1, 0.15) is 11.9 Å². The fourth-order valence-corrected chi connectivity index (χ4v) is 1.94. The van der Waals surface area contributed by atoms with Crippen molar-refractivity contribution >= 4 is 5.97 Å². The lowest BCUT2D eigenvalue weighted by Gasteiger charge is -2.15. The second-order valence-corrected chi connectivity index (χ2v) is 3.60. The van der Waals surface area contributed by atoms with Gasteiger partial charge in [-0.15, -0.1) is 0 Å². The zero-order valence-corrected chi connectivity index (χ0v) is 8.59. The predicted octanol–water partition coefficient (Wildman–Crippen LogP) is 1.07. The van der Waals surface area contributed by atoms with Gasteiger partial charge in [0.15, 0.2) is 0 Å². The molecule has 0 bridgehead atoms. The highest BCUT2D eigenvalue weighted by atomic mass is 16.5. The van der Waals surface area contributed by atoms with Crippen LogP contribution in [0.2, 0.25) is 0 Å². The fourth-order valence-electron chi connectivity index (χ4n) is 1.94. The number of carbonyl (C=O) groups is 1. The first-order valence-corrected chi connectivity index (χ1v) is 5.09. The third-order valence-corrected chi connectivity index (χ3v) is 2.75. The summed E-state index contributed by atoms with van der Waals surface area (Å²) in [4.78, 5) is 15.2. The molecule has 1 N–H and O–H groups in total.